The molecular weight excluding hydrogens is 345 g/mol. The van der Waals surface area contributed by atoms with Crippen LogP contribution in [0.3, 0.4) is 0 Å². The molecule has 5 nitrogen and oxygen atoms in total. The molecule has 24 heavy (non-hydrogen) atoms. The van der Waals surface area contributed by atoms with E-state index in [1.54, 1.807) is 0 Å². The van der Waals surface area contributed by atoms with Gasteiger partial charge in [0.05, 0.1) is 10.9 Å². The number of rotatable bonds is 2. The zero-order chi connectivity index (χ0) is 17.6. The second-order valence-corrected chi connectivity index (χ2v) is 6.03. The Hall–Kier alpha value is -2.68. The third kappa shape index (κ3) is 2.67. The molecule has 2 N–H and O–H groups in total. The fraction of sp³-hybridized carbons (Fsp3) is 0.133. The number of carboxylic acid groups (broad SMARTS) is 1. The van der Waals surface area contributed by atoms with Gasteiger partial charge in [0.25, 0.3) is 5.56 Å². The molecule has 9 heteroatoms. The van der Waals surface area contributed by atoms with Crippen LogP contribution in [0.1, 0.15) is 20.8 Å². The number of aryl methyl sites for hydroxylation is 1. The number of aromatic amines is 1. The molecule has 3 rings (SSSR count). The number of hydrogen-bond donors (Lipinski definition) is 2. The lowest BCUT2D eigenvalue weighted by atomic mass is 10.1. The average molecular weight is 354 g/mol. The van der Waals surface area contributed by atoms with E-state index in [1.807, 2.05) is 0 Å². The Balaban J connectivity index is 2.22. The monoisotopic (exact) mass is 354 g/mol. The van der Waals surface area contributed by atoms with E-state index >= 15 is 0 Å². The summed E-state index contributed by atoms with van der Waals surface area (Å²) in [7, 11) is 0. The van der Waals surface area contributed by atoms with Crippen molar-refractivity contribution in [1.82, 2.24) is 9.97 Å². The van der Waals surface area contributed by atoms with Crippen LogP contribution in [0.5, 0.6) is 0 Å². The summed E-state index contributed by atoms with van der Waals surface area (Å²) in [4.78, 5) is 30.1. The maximum absolute atomic E-state index is 12.8. The molecule has 2 heterocycles. The maximum Gasteiger partial charge on any atom is 0.416 e. The molecule has 0 fully saturated rings. The van der Waals surface area contributed by atoms with Crippen LogP contribution < -0.4 is 5.56 Å². The normalized spacial score (nSPS) is 11.8. The Morgan fingerprint density at radius 1 is 1.33 bits per heavy atom. The van der Waals surface area contributed by atoms with Crippen LogP contribution in [0, 0.1) is 6.92 Å². The predicted octanol–water partition coefficient (Wildman–Crippen LogP) is 3.68. The van der Waals surface area contributed by atoms with Gasteiger partial charge in [-0.25, -0.2) is 9.78 Å². The van der Waals surface area contributed by atoms with E-state index in [-0.39, 0.29) is 32.0 Å². The first-order valence-corrected chi connectivity index (χ1v) is 7.44. The number of carboxylic acids is 1. The van der Waals surface area contributed by atoms with Crippen molar-refractivity contribution in [3.63, 3.8) is 0 Å². The number of hydrogen-bond acceptors (Lipinski definition) is 4. The smallest absolute Gasteiger partial charge is 0.416 e. The van der Waals surface area contributed by atoms with Crippen LogP contribution in [-0.2, 0) is 6.18 Å². The molecule has 2 aromatic heterocycles. The van der Waals surface area contributed by atoms with Crippen molar-refractivity contribution in [3.8, 4) is 11.4 Å². The first-order valence-electron chi connectivity index (χ1n) is 6.63. The number of halogens is 3. The van der Waals surface area contributed by atoms with Gasteiger partial charge < -0.3 is 10.1 Å². The standard InChI is InChI=1S/C15H9F3N2O3S/c1-6-9-12(21)19-11(20-13(9)24-10(6)14(22)23)7-3-2-4-8(5-7)15(16,17)18/h2-5H,1H3,(H,22,23)(H,19,20,21). The maximum atomic E-state index is 12.8. The van der Waals surface area contributed by atoms with E-state index < -0.39 is 23.3 Å². The van der Waals surface area contributed by atoms with Gasteiger partial charge in [-0.15, -0.1) is 11.3 Å². The highest BCUT2D eigenvalue weighted by atomic mass is 32.1. The van der Waals surface area contributed by atoms with Crippen LogP contribution in [0.25, 0.3) is 21.6 Å². The van der Waals surface area contributed by atoms with Gasteiger partial charge in [0, 0.05) is 5.56 Å². The summed E-state index contributed by atoms with van der Waals surface area (Å²) in [6.07, 6.45) is -4.52. The number of fused-ring (bicyclic) bond motifs is 1. The van der Waals surface area contributed by atoms with E-state index in [0.29, 0.717) is 0 Å². The van der Waals surface area contributed by atoms with Crippen LogP contribution in [0.4, 0.5) is 13.2 Å². The number of thiophene rings is 1. The highest BCUT2D eigenvalue weighted by Crippen LogP contribution is 2.32. The highest BCUT2D eigenvalue weighted by molar-refractivity contribution is 7.20. The van der Waals surface area contributed by atoms with Crippen molar-refractivity contribution < 1.29 is 23.1 Å². The molecule has 0 aliphatic rings. The Bertz CT molecular complexity index is 1020. The third-order valence-corrected chi connectivity index (χ3v) is 4.63. The minimum Gasteiger partial charge on any atom is -0.477 e. The van der Waals surface area contributed by atoms with Crippen molar-refractivity contribution >= 4 is 27.5 Å². The summed E-state index contributed by atoms with van der Waals surface area (Å²) in [6.45, 7) is 1.49. The van der Waals surface area contributed by atoms with E-state index in [0.717, 1.165) is 23.5 Å². The van der Waals surface area contributed by atoms with Crippen LogP contribution >= 0.6 is 11.3 Å². The van der Waals surface area contributed by atoms with Gasteiger partial charge in [-0.1, -0.05) is 12.1 Å². The minimum atomic E-state index is -4.52. The van der Waals surface area contributed by atoms with Gasteiger partial charge in [0.2, 0.25) is 0 Å². The van der Waals surface area contributed by atoms with E-state index in [9.17, 15) is 22.8 Å². The first kappa shape index (κ1) is 16.2. The Morgan fingerprint density at radius 3 is 2.67 bits per heavy atom. The number of H-pyrrole nitrogens is 1. The van der Waals surface area contributed by atoms with Crippen LogP contribution in [0.15, 0.2) is 29.1 Å². The molecule has 0 aliphatic heterocycles. The summed E-state index contributed by atoms with van der Waals surface area (Å²) in [5.41, 5.74) is -1.08. The summed E-state index contributed by atoms with van der Waals surface area (Å²) >= 11 is 0.812. The average Bonchev–Trinajstić information content (AvgIpc) is 2.84. The zero-order valence-corrected chi connectivity index (χ0v) is 12.9. The van der Waals surface area contributed by atoms with Crippen molar-refractivity contribution in [2.24, 2.45) is 0 Å². The van der Waals surface area contributed by atoms with Crippen molar-refractivity contribution in [2.75, 3.05) is 0 Å². The fourth-order valence-electron chi connectivity index (χ4n) is 2.33. The quantitative estimate of drug-likeness (QED) is 0.735. The lowest BCUT2D eigenvalue weighted by Crippen LogP contribution is -2.10. The van der Waals surface area contributed by atoms with Gasteiger partial charge in [-0.2, -0.15) is 13.2 Å². The van der Waals surface area contributed by atoms with Crippen LogP contribution in [0.2, 0.25) is 0 Å². The molecule has 124 valence electrons. The van der Waals surface area contributed by atoms with E-state index in [2.05, 4.69) is 9.97 Å². The fourth-order valence-corrected chi connectivity index (χ4v) is 3.35. The van der Waals surface area contributed by atoms with Gasteiger partial charge in [0.15, 0.2) is 0 Å². The molecule has 0 bridgehead atoms. The molecule has 0 amide bonds. The number of nitrogens with zero attached hydrogens (tertiary/aromatic N) is 1. The van der Waals surface area contributed by atoms with E-state index in [4.69, 9.17) is 5.11 Å². The summed E-state index contributed by atoms with van der Waals surface area (Å²) < 4.78 is 38.4. The van der Waals surface area contributed by atoms with Gasteiger partial charge in [-0.05, 0) is 24.6 Å². The SMILES string of the molecule is Cc1c(C(=O)O)sc2nc(-c3cccc(C(F)(F)F)c3)[nH]c(=O)c12. The first-order chi connectivity index (χ1) is 11.2. The molecular formula is C15H9F3N2O3S. The number of nitrogens with one attached hydrogen (secondary N) is 1. The molecule has 3 aromatic rings. The van der Waals surface area contributed by atoms with E-state index in [1.165, 1.54) is 19.1 Å². The number of carbonyl (C=O) groups is 1. The summed E-state index contributed by atoms with van der Waals surface area (Å²) in [5, 5.41) is 9.25. The predicted molar refractivity (Wildman–Crippen MR) is 82.4 cm³/mol. The van der Waals surface area contributed by atoms with Crippen molar-refractivity contribution in [2.45, 2.75) is 13.1 Å². The molecule has 0 saturated heterocycles. The molecule has 0 aliphatic carbocycles. The second kappa shape index (κ2) is 5.45. The molecule has 0 radical (unpaired) electrons. The van der Waals surface area contributed by atoms with Crippen molar-refractivity contribution in [3.05, 3.63) is 50.6 Å². The third-order valence-electron chi connectivity index (χ3n) is 3.46. The Morgan fingerprint density at radius 2 is 2.04 bits per heavy atom. The topological polar surface area (TPSA) is 83.0 Å². The van der Waals surface area contributed by atoms with Gasteiger partial charge >= 0.3 is 12.1 Å². The molecule has 0 atom stereocenters. The van der Waals surface area contributed by atoms with Crippen molar-refractivity contribution in [1.29, 1.82) is 0 Å². The molecule has 0 unspecified atom stereocenters. The lowest BCUT2D eigenvalue weighted by molar-refractivity contribution is -0.137. The lowest BCUT2D eigenvalue weighted by Gasteiger charge is -2.08. The molecule has 0 saturated carbocycles. The highest BCUT2D eigenvalue weighted by Gasteiger charge is 2.30. The van der Waals surface area contributed by atoms with Gasteiger partial charge in [-0.3, -0.25) is 4.79 Å². The number of benzene rings is 1. The van der Waals surface area contributed by atoms with Gasteiger partial charge in [0.1, 0.15) is 15.5 Å². The Labute approximate surface area is 136 Å². The zero-order valence-electron chi connectivity index (χ0n) is 12.1. The number of alkyl halides is 3. The molecule has 0 spiro atoms. The largest absolute Gasteiger partial charge is 0.477 e. The number of aromatic nitrogens is 2. The number of aromatic carboxylic acids is 1. The van der Waals surface area contributed by atoms with Crippen LogP contribution in [-0.4, -0.2) is 21.0 Å². The molecule has 1 aromatic carbocycles. The summed E-state index contributed by atoms with van der Waals surface area (Å²) in [6, 6.07) is 4.39. The Kier molecular flexibility index (Phi) is 3.67. The summed E-state index contributed by atoms with van der Waals surface area (Å²) in [5.74, 6) is -1.23. The minimum absolute atomic E-state index is 0.0239. The second-order valence-electron chi connectivity index (χ2n) is 5.03.